The number of ether oxygens (including phenoxy) is 1. The topological polar surface area (TPSA) is 71.2 Å². The summed E-state index contributed by atoms with van der Waals surface area (Å²) in [6.07, 6.45) is 0. The van der Waals surface area contributed by atoms with Crippen LogP contribution in [0.5, 0.6) is 0 Å². The highest BCUT2D eigenvalue weighted by atomic mass is 16.5. The Morgan fingerprint density at radius 2 is 2.00 bits per heavy atom. The summed E-state index contributed by atoms with van der Waals surface area (Å²) >= 11 is 0. The van der Waals surface area contributed by atoms with Gasteiger partial charge in [0, 0.05) is 0 Å². The molecule has 0 fully saturated rings. The predicted molar refractivity (Wildman–Crippen MR) is 67.8 cm³/mol. The molecule has 0 bridgehead atoms. The van der Waals surface area contributed by atoms with Crippen LogP contribution in [0.3, 0.4) is 0 Å². The molecule has 18 heavy (non-hydrogen) atoms. The van der Waals surface area contributed by atoms with Crippen molar-refractivity contribution in [1.82, 2.24) is 0 Å². The van der Waals surface area contributed by atoms with E-state index < -0.39 is 5.97 Å². The molecule has 0 amide bonds. The lowest BCUT2D eigenvalue weighted by atomic mass is 10.1. The third kappa shape index (κ3) is 3.41. The van der Waals surface area contributed by atoms with Crippen molar-refractivity contribution in [3.05, 3.63) is 40.8 Å². The van der Waals surface area contributed by atoms with Gasteiger partial charge < -0.3 is 9.84 Å². The van der Waals surface area contributed by atoms with E-state index in [4.69, 9.17) is 0 Å². The summed E-state index contributed by atoms with van der Waals surface area (Å²) in [5.41, 5.74) is 2.51. The van der Waals surface area contributed by atoms with Gasteiger partial charge in [-0.2, -0.15) is 0 Å². The number of esters is 1. The van der Waals surface area contributed by atoms with Crippen LogP contribution in [0.4, 0.5) is 5.69 Å². The van der Waals surface area contributed by atoms with Crippen molar-refractivity contribution >= 4 is 11.7 Å². The second-order valence-electron chi connectivity index (χ2n) is 3.92. The molecule has 96 valence electrons. The first-order chi connectivity index (χ1) is 8.45. The molecule has 1 aromatic carbocycles. The zero-order chi connectivity index (χ0) is 13.7. The number of hydrogen-bond acceptors (Lipinski definition) is 5. The molecular formula is C13H16N2O3. The van der Waals surface area contributed by atoms with Gasteiger partial charge in [0.05, 0.1) is 12.8 Å². The first kappa shape index (κ1) is 13.9. The van der Waals surface area contributed by atoms with E-state index in [0.29, 0.717) is 5.69 Å². The van der Waals surface area contributed by atoms with Crippen LogP contribution in [0.25, 0.3) is 0 Å². The van der Waals surface area contributed by atoms with Gasteiger partial charge in [-0.25, -0.2) is 4.79 Å². The van der Waals surface area contributed by atoms with E-state index >= 15 is 0 Å². The fourth-order valence-corrected chi connectivity index (χ4v) is 1.38. The molecule has 0 atom stereocenters. The minimum atomic E-state index is -0.719. The second-order valence-corrected chi connectivity index (χ2v) is 3.92. The fraction of sp³-hybridized carbons (Fsp3) is 0.308. The van der Waals surface area contributed by atoms with Crippen LogP contribution in [0.15, 0.2) is 39.9 Å². The molecule has 0 aliphatic rings. The maximum atomic E-state index is 11.3. The van der Waals surface area contributed by atoms with Crippen molar-refractivity contribution in [1.29, 1.82) is 0 Å². The Bertz CT molecular complexity index is 515. The van der Waals surface area contributed by atoms with Gasteiger partial charge in [0.1, 0.15) is 5.76 Å². The molecule has 5 nitrogen and oxygen atoms in total. The highest BCUT2D eigenvalue weighted by Gasteiger charge is 2.12. The smallest absolute Gasteiger partial charge is 0.362 e. The Kier molecular flexibility index (Phi) is 4.59. The average molecular weight is 248 g/mol. The van der Waals surface area contributed by atoms with E-state index in [9.17, 15) is 9.90 Å². The largest absolute Gasteiger partial charge is 0.510 e. The summed E-state index contributed by atoms with van der Waals surface area (Å²) < 4.78 is 4.50. The molecule has 0 radical (unpaired) electrons. The van der Waals surface area contributed by atoms with E-state index in [1.807, 2.05) is 26.0 Å². The van der Waals surface area contributed by atoms with Gasteiger partial charge in [-0.3, -0.25) is 0 Å². The number of carbonyl (C=O) groups is 1. The third-order valence-electron chi connectivity index (χ3n) is 2.33. The van der Waals surface area contributed by atoms with Gasteiger partial charge in [0.15, 0.2) is 0 Å². The Labute approximate surface area is 106 Å². The van der Waals surface area contributed by atoms with Gasteiger partial charge in [0.2, 0.25) is 5.70 Å². The summed E-state index contributed by atoms with van der Waals surface area (Å²) in [4.78, 5) is 11.3. The molecule has 0 saturated heterocycles. The summed E-state index contributed by atoms with van der Waals surface area (Å²) in [6, 6.07) is 5.66. The number of aliphatic hydroxyl groups excluding tert-OH is 1. The number of allylic oxidation sites excluding steroid dienone is 1. The van der Waals surface area contributed by atoms with Crippen molar-refractivity contribution in [2.45, 2.75) is 20.8 Å². The molecule has 0 unspecified atom stereocenters. The normalized spacial score (nSPS) is 12.4. The number of aryl methyl sites for hydroxylation is 2. The maximum Gasteiger partial charge on any atom is 0.362 e. The number of aliphatic hydroxyl groups is 1. The van der Waals surface area contributed by atoms with Crippen LogP contribution in [-0.2, 0) is 9.53 Å². The van der Waals surface area contributed by atoms with Crippen LogP contribution in [0, 0.1) is 13.8 Å². The molecule has 0 saturated carbocycles. The summed E-state index contributed by atoms with van der Waals surface area (Å²) in [5, 5.41) is 17.0. The van der Waals surface area contributed by atoms with Gasteiger partial charge in [0.25, 0.3) is 0 Å². The molecule has 0 heterocycles. The number of carbonyl (C=O) groups excluding carboxylic acids is 1. The zero-order valence-electron chi connectivity index (χ0n) is 10.9. The number of hydrogen-bond donors (Lipinski definition) is 1. The van der Waals surface area contributed by atoms with Crippen LogP contribution < -0.4 is 0 Å². The minimum Gasteiger partial charge on any atom is -0.510 e. The Hall–Kier alpha value is -2.17. The van der Waals surface area contributed by atoms with E-state index in [0.717, 1.165) is 11.1 Å². The van der Waals surface area contributed by atoms with E-state index in [1.54, 1.807) is 6.07 Å². The molecule has 0 spiro atoms. The Balaban J connectivity index is 3.05. The highest BCUT2D eigenvalue weighted by molar-refractivity contribution is 5.88. The Morgan fingerprint density at radius 3 is 2.50 bits per heavy atom. The van der Waals surface area contributed by atoms with E-state index in [1.165, 1.54) is 14.0 Å². The molecule has 1 N–H and O–H groups in total. The monoisotopic (exact) mass is 248 g/mol. The molecule has 0 aliphatic carbocycles. The van der Waals surface area contributed by atoms with Crippen LogP contribution in [0.1, 0.15) is 18.1 Å². The standard InChI is InChI=1S/C13H16N2O3/c1-8-5-6-11(9(2)7-8)14-15-12(10(3)16)13(17)18-4/h5-7,16H,1-4H3/b12-10+,15-14?. The maximum absolute atomic E-state index is 11.3. The van der Waals surface area contributed by atoms with Crippen LogP contribution in [0.2, 0.25) is 0 Å². The van der Waals surface area contributed by atoms with Gasteiger partial charge >= 0.3 is 5.97 Å². The number of rotatable bonds is 3. The number of nitrogens with zero attached hydrogens (tertiary/aromatic N) is 2. The van der Waals surface area contributed by atoms with Crippen molar-refractivity contribution in [3.8, 4) is 0 Å². The van der Waals surface area contributed by atoms with Crippen LogP contribution >= 0.6 is 0 Å². The van der Waals surface area contributed by atoms with Crippen molar-refractivity contribution < 1.29 is 14.6 Å². The van der Waals surface area contributed by atoms with Gasteiger partial charge in [-0.05, 0) is 32.4 Å². The number of azo groups is 1. The highest BCUT2D eigenvalue weighted by Crippen LogP contribution is 2.21. The number of benzene rings is 1. The van der Waals surface area contributed by atoms with Crippen molar-refractivity contribution in [2.75, 3.05) is 7.11 Å². The molecule has 1 rings (SSSR count). The quantitative estimate of drug-likeness (QED) is 0.386. The lowest BCUT2D eigenvalue weighted by Gasteiger charge is -2.02. The van der Waals surface area contributed by atoms with Gasteiger partial charge in [-0.1, -0.05) is 17.7 Å². The van der Waals surface area contributed by atoms with E-state index in [2.05, 4.69) is 15.0 Å². The minimum absolute atomic E-state index is 0.197. The van der Waals surface area contributed by atoms with Gasteiger partial charge in [-0.15, -0.1) is 10.2 Å². The van der Waals surface area contributed by atoms with Crippen molar-refractivity contribution in [3.63, 3.8) is 0 Å². The zero-order valence-corrected chi connectivity index (χ0v) is 10.9. The van der Waals surface area contributed by atoms with E-state index in [-0.39, 0.29) is 11.5 Å². The first-order valence-electron chi connectivity index (χ1n) is 5.43. The van der Waals surface area contributed by atoms with Crippen molar-refractivity contribution in [2.24, 2.45) is 10.2 Å². The third-order valence-corrected chi connectivity index (χ3v) is 2.33. The molecule has 0 aliphatic heterocycles. The first-order valence-corrected chi connectivity index (χ1v) is 5.43. The summed E-state index contributed by atoms with van der Waals surface area (Å²) in [5.74, 6) is -0.945. The lowest BCUT2D eigenvalue weighted by molar-refractivity contribution is -0.136. The molecule has 0 aromatic heterocycles. The van der Waals surface area contributed by atoms with Crippen LogP contribution in [-0.4, -0.2) is 18.2 Å². The molecular weight excluding hydrogens is 232 g/mol. The second kappa shape index (κ2) is 5.95. The Morgan fingerprint density at radius 1 is 1.33 bits per heavy atom. The average Bonchev–Trinajstić information content (AvgIpc) is 2.31. The number of methoxy groups -OCH3 is 1. The molecule has 5 heteroatoms. The molecule has 1 aromatic rings. The SMILES string of the molecule is COC(=O)/C(N=Nc1ccc(C)cc1C)=C(/C)O. The fourth-order valence-electron chi connectivity index (χ4n) is 1.38. The summed E-state index contributed by atoms with van der Waals surface area (Å²) in [7, 11) is 1.22. The summed E-state index contributed by atoms with van der Waals surface area (Å²) in [6.45, 7) is 5.23. The predicted octanol–water partition coefficient (Wildman–Crippen LogP) is 3.35. The lowest BCUT2D eigenvalue weighted by Crippen LogP contribution is -2.04.